The van der Waals surface area contributed by atoms with Crippen molar-refractivity contribution in [3.63, 3.8) is 0 Å². The lowest BCUT2D eigenvalue weighted by atomic mass is 10.2. The molecule has 1 aromatic heterocycles. The maximum absolute atomic E-state index is 12.2. The summed E-state index contributed by atoms with van der Waals surface area (Å²) < 4.78 is 35.7. The topological polar surface area (TPSA) is 131 Å². The Bertz CT molecular complexity index is 890. The van der Waals surface area contributed by atoms with E-state index in [0.717, 1.165) is 18.7 Å². The Morgan fingerprint density at radius 2 is 2.00 bits per heavy atom. The van der Waals surface area contributed by atoms with Crippen molar-refractivity contribution >= 4 is 21.9 Å². The maximum Gasteiger partial charge on any atom is 0.381 e. The van der Waals surface area contributed by atoms with E-state index < -0.39 is 33.7 Å². The second-order valence-electron chi connectivity index (χ2n) is 5.47. The van der Waals surface area contributed by atoms with Crippen LogP contribution in [-0.2, 0) is 30.4 Å². The molecule has 0 saturated heterocycles. The van der Waals surface area contributed by atoms with E-state index in [-0.39, 0.29) is 17.3 Å². The number of rotatable bonds is 8. The van der Waals surface area contributed by atoms with Gasteiger partial charge < -0.3 is 19.4 Å². The third-order valence-electron chi connectivity index (χ3n) is 3.27. The van der Waals surface area contributed by atoms with Crippen LogP contribution in [0.1, 0.15) is 12.5 Å². The van der Waals surface area contributed by atoms with Gasteiger partial charge in [-0.3, -0.25) is 8.98 Å². The Balaban J connectivity index is 2.08. The molecule has 2 aromatic rings. The fourth-order valence-corrected chi connectivity index (χ4v) is 3.01. The van der Waals surface area contributed by atoms with Crippen molar-refractivity contribution in [2.24, 2.45) is 0 Å². The maximum atomic E-state index is 12.2. The fourth-order valence-electron chi connectivity index (χ4n) is 2.07. The first-order valence-corrected chi connectivity index (χ1v) is 8.87. The molecule has 26 heavy (non-hydrogen) atoms. The molecule has 0 aliphatic heterocycles. The molecule has 10 nitrogen and oxygen atoms in total. The molecule has 0 N–H and O–H groups in total. The summed E-state index contributed by atoms with van der Waals surface area (Å²) in [6, 6.07) is 6.07. The molecule has 11 heteroatoms. The van der Waals surface area contributed by atoms with E-state index in [1.165, 1.54) is 23.0 Å². The van der Waals surface area contributed by atoms with Gasteiger partial charge in [0.05, 0.1) is 11.4 Å². The zero-order valence-corrected chi connectivity index (χ0v) is 14.9. The van der Waals surface area contributed by atoms with Crippen LogP contribution in [0.3, 0.4) is 0 Å². The van der Waals surface area contributed by atoms with E-state index in [9.17, 15) is 23.3 Å². The van der Waals surface area contributed by atoms with Crippen LogP contribution in [0.2, 0.25) is 0 Å². The van der Waals surface area contributed by atoms with E-state index in [2.05, 4.69) is 4.98 Å². The van der Waals surface area contributed by atoms with Crippen LogP contribution in [0.15, 0.2) is 41.7 Å². The minimum absolute atomic E-state index is 0.0251. The van der Waals surface area contributed by atoms with Gasteiger partial charge in [0.2, 0.25) is 6.33 Å². The molecule has 0 fully saturated rings. The third kappa shape index (κ3) is 5.36. The van der Waals surface area contributed by atoms with Gasteiger partial charge in [-0.15, -0.1) is 0 Å². The van der Waals surface area contributed by atoms with Crippen LogP contribution < -0.4 is 0 Å². The lowest BCUT2D eigenvalue weighted by Gasteiger charge is -2.17. The number of carbonyl (C=O) groups is 1. The summed E-state index contributed by atoms with van der Waals surface area (Å²) in [7, 11) is -4.03. The lowest BCUT2D eigenvalue weighted by Crippen LogP contribution is -2.28. The number of hydrogen-bond acceptors (Lipinski definition) is 8. The van der Waals surface area contributed by atoms with E-state index in [1.807, 2.05) is 6.92 Å². The number of carbonyl (C=O) groups excluding carboxylic acids is 1. The van der Waals surface area contributed by atoms with Crippen molar-refractivity contribution in [3.05, 3.63) is 52.5 Å². The van der Waals surface area contributed by atoms with Crippen LogP contribution in [-0.4, -0.2) is 41.6 Å². The van der Waals surface area contributed by atoms with E-state index in [4.69, 9.17) is 8.92 Å². The molecule has 0 radical (unpaired) electrons. The number of nitro groups is 1. The van der Waals surface area contributed by atoms with Gasteiger partial charge >= 0.3 is 11.8 Å². The highest BCUT2D eigenvalue weighted by atomic mass is 32.2. The quantitative estimate of drug-likeness (QED) is 0.290. The van der Waals surface area contributed by atoms with Crippen LogP contribution in [0, 0.1) is 17.0 Å². The first-order valence-electron chi connectivity index (χ1n) is 7.47. The summed E-state index contributed by atoms with van der Waals surface area (Å²) in [5.41, 5.74) is 0.892. The number of aryl methyl sites for hydroxylation is 1. The lowest BCUT2D eigenvalue weighted by molar-refractivity contribution is -0.389. The van der Waals surface area contributed by atoms with Gasteiger partial charge in [0, 0.05) is 6.92 Å². The highest BCUT2D eigenvalue weighted by Crippen LogP contribution is 2.15. The Morgan fingerprint density at radius 1 is 1.35 bits per heavy atom. The zero-order chi connectivity index (χ0) is 19.3. The summed E-state index contributed by atoms with van der Waals surface area (Å²) in [4.78, 5) is 24.8. The second kappa shape index (κ2) is 8.06. The molecule has 0 aliphatic carbocycles. The molecule has 140 valence electrons. The Labute approximate surface area is 149 Å². The van der Waals surface area contributed by atoms with Gasteiger partial charge in [-0.2, -0.15) is 8.42 Å². The normalized spacial score (nSPS) is 12.5. The molecule has 0 amide bonds. The minimum Gasteiger partial charge on any atom is -0.458 e. The standard InChI is InChI=1S/C15H17N3O7S/c1-11-3-5-14(6-4-11)26(22,23)24-9-13(25-12(2)19)7-17-8-15(16-10-17)18(20)21/h3-6,8,10,13H,7,9H2,1-2H3. The molecule has 1 unspecified atom stereocenters. The van der Waals surface area contributed by atoms with Crippen molar-refractivity contribution in [3.8, 4) is 0 Å². The molecule has 0 spiro atoms. The van der Waals surface area contributed by atoms with E-state index in [1.54, 1.807) is 12.1 Å². The highest BCUT2D eigenvalue weighted by Gasteiger charge is 2.22. The monoisotopic (exact) mass is 383 g/mol. The summed E-state index contributed by atoms with van der Waals surface area (Å²) >= 11 is 0. The molecular weight excluding hydrogens is 366 g/mol. The predicted octanol–water partition coefficient (Wildman–Crippen LogP) is 1.44. The largest absolute Gasteiger partial charge is 0.458 e. The number of esters is 1. The van der Waals surface area contributed by atoms with Gasteiger partial charge in [-0.1, -0.05) is 17.7 Å². The Hall–Kier alpha value is -2.79. The number of hydrogen-bond donors (Lipinski definition) is 0. The Morgan fingerprint density at radius 3 is 2.54 bits per heavy atom. The summed E-state index contributed by atoms with van der Waals surface area (Å²) in [6.07, 6.45) is 1.36. The van der Waals surface area contributed by atoms with Gasteiger partial charge in [0.1, 0.15) is 18.9 Å². The molecule has 2 rings (SSSR count). The van der Waals surface area contributed by atoms with Gasteiger partial charge in [0.25, 0.3) is 10.1 Å². The predicted molar refractivity (Wildman–Crippen MR) is 88.8 cm³/mol. The summed E-state index contributed by atoms with van der Waals surface area (Å²) in [6.45, 7) is 2.49. The molecule has 1 atom stereocenters. The van der Waals surface area contributed by atoms with Crippen LogP contribution in [0.5, 0.6) is 0 Å². The van der Waals surface area contributed by atoms with Gasteiger partial charge in [-0.25, -0.2) is 0 Å². The fraction of sp³-hybridized carbons (Fsp3) is 0.333. The first-order chi connectivity index (χ1) is 12.2. The second-order valence-corrected chi connectivity index (χ2v) is 7.08. The number of nitrogens with zero attached hydrogens (tertiary/aromatic N) is 3. The first kappa shape index (κ1) is 19.5. The average Bonchev–Trinajstić information content (AvgIpc) is 3.01. The summed E-state index contributed by atoms with van der Waals surface area (Å²) in [5.74, 6) is -1.01. The van der Waals surface area contributed by atoms with Crippen molar-refractivity contribution in [1.29, 1.82) is 0 Å². The van der Waals surface area contributed by atoms with Crippen molar-refractivity contribution < 1.29 is 27.1 Å². The highest BCUT2D eigenvalue weighted by molar-refractivity contribution is 7.86. The van der Waals surface area contributed by atoms with Gasteiger partial charge in [-0.05, 0) is 29.0 Å². The number of aromatic nitrogens is 2. The SMILES string of the molecule is CC(=O)OC(COS(=O)(=O)c1ccc(C)cc1)Cn1cnc([N+](=O)[O-])c1. The van der Waals surface area contributed by atoms with E-state index in [0.29, 0.717) is 0 Å². The number of ether oxygens (including phenoxy) is 1. The molecule has 0 bridgehead atoms. The van der Waals surface area contributed by atoms with Crippen LogP contribution in [0.25, 0.3) is 0 Å². The molecule has 1 heterocycles. The van der Waals surface area contributed by atoms with Crippen molar-refractivity contribution in [2.75, 3.05) is 6.61 Å². The van der Waals surface area contributed by atoms with Crippen molar-refractivity contribution in [1.82, 2.24) is 9.55 Å². The molecule has 0 saturated carbocycles. The minimum atomic E-state index is -4.03. The smallest absolute Gasteiger partial charge is 0.381 e. The van der Waals surface area contributed by atoms with E-state index >= 15 is 0 Å². The van der Waals surface area contributed by atoms with Crippen LogP contribution >= 0.6 is 0 Å². The zero-order valence-electron chi connectivity index (χ0n) is 14.1. The Kier molecular flexibility index (Phi) is 6.05. The van der Waals surface area contributed by atoms with Crippen molar-refractivity contribution in [2.45, 2.75) is 31.4 Å². The molecule has 0 aliphatic rings. The molecular formula is C15H17N3O7S. The number of imidazole rings is 1. The van der Waals surface area contributed by atoms with Gasteiger partial charge in [0.15, 0.2) is 0 Å². The molecule has 1 aromatic carbocycles. The average molecular weight is 383 g/mol. The van der Waals surface area contributed by atoms with Crippen LogP contribution in [0.4, 0.5) is 5.82 Å². The summed E-state index contributed by atoms with van der Waals surface area (Å²) in [5, 5.41) is 10.7. The number of benzene rings is 1. The third-order valence-corrected chi connectivity index (χ3v) is 4.57.